The molecule has 0 spiro atoms. The van der Waals surface area contributed by atoms with Crippen LogP contribution < -0.4 is 16.1 Å². The van der Waals surface area contributed by atoms with Gasteiger partial charge in [-0.15, -0.1) is 0 Å². The van der Waals surface area contributed by atoms with E-state index in [9.17, 15) is 14.4 Å². The van der Waals surface area contributed by atoms with Crippen LogP contribution in [-0.2, 0) is 9.59 Å². The zero-order valence-electron chi connectivity index (χ0n) is 11.5. The predicted molar refractivity (Wildman–Crippen MR) is 77.5 cm³/mol. The molecule has 0 saturated heterocycles. The Kier molecular flexibility index (Phi) is 3.60. The van der Waals surface area contributed by atoms with Crippen LogP contribution in [0.15, 0.2) is 35.4 Å². The number of hydrogen-bond donors (Lipinski definition) is 3. The van der Waals surface area contributed by atoms with Gasteiger partial charge in [0.05, 0.1) is 0 Å². The molecule has 0 radical (unpaired) electrons. The first-order valence-electron chi connectivity index (χ1n) is 7.08. The molecule has 6 heteroatoms. The largest absolute Gasteiger partial charge is 0.366 e. The molecule has 6 nitrogen and oxygen atoms in total. The lowest BCUT2D eigenvalue weighted by Gasteiger charge is -2.18. The lowest BCUT2D eigenvalue weighted by atomic mass is 9.94. The number of H-pyrrole nitrogens is 1. The van der Waals surface area contributed by atoms with Gasteiger partial charge in [0.25, 0.3) is 0 Å². The Morgan fingerprint density at radius 1 is 1.24 bits per heavy atom. The Labute approximate surface area is 121 Å². The second kappa shape index (κ2) is 5.55. The van der Waals surface area contributed by atoms with Gasteiger partial charge in [0.1, 0.15) is 5.69 Å². The first-order valence-corrected chi connectivity index (χ1v) is 7.08. The van der Waals surface area contributed by atoms with Crippen molar-refractivity contribution in [3.8, 4) is 0 Å². The van der Waals surface area contributed by atoms with Crippen molar-refractivity contribution in [3.05, 3.63) is 40.8 Å². The second-order valence-electron chi connectivity index (χ2n) is 5.63. The van der Waals surface area contributed by atoms with E-state index in [1.165, 1.54) is 18.5 Å². The number of anilines is 1. The average Bonchev–Trinajstić information content (AvgIpc) is 3.09. The molecule has 1 aromatic rings. The van der Waals surface area contributed by atoms with Crippen molar-refractivity contribution in [1.29, 1.82) is 0 Å². The number of aromatic nitrogens is 1. The van der Waals surface area contributed by atoms with E-state index in [0.717, 1.165) is 12.8 Å². The number of aromatic amines is 1. The third-order valence-corrected chi connectivity index (χ3v) is 4.22. The number of hydrogen-bond acceptors (Lipinski definition) is 3. The van der Waals surface area contributed by atoms with Crippen LogP contribution in [0.25, 0.3) is 0 Å². The highest BCUT2D eigenvalue weighted by molar-refractivity contribution is 6.39. The first-order chi connectivity index (χ1) is 10.1. The fourth-order valence-corrected chi connectivity index (χ4v) is 3.13. The Balaban J connectivity index is 1.51. The van der Waals surface area contributed by atoms with Gasteiger partial charge in [-0.25, -0.2) is 0 Å². The van der Waals surface area contributed by atoms with Crippen LogP contribution in [0.3, 0.4) is 0 Å². The summed E-state index contributed by atoms with van der Waals surface area (Å²) in [4.78, 5) is 37.7. The van der Waals surface area contributed by atoms with E-state index >= 15 is 0 Å². The molecule has 21 heavy (non-hydrogen) atoms. The number of carbonyl (C=O) groups is 2. The quantitative estimate of drug-likeness (QED) is 0.563. The van der Waals surface area contributed by atoms with Crippen molar-refractivity contribution in [2.45, 2.75) is 12.8 Å². The minimum Gasteiger partial charge on any atom is -0.366 e. The van der Waals surface area contributed by atoms with E-state index in [4.69, 9.17) is 0 Å². The number of nitrogens with one attached hydrogen (secondary N) is 3. The normalized spacial score (nSPS) is 25.8. The number of allylic oxidation sites excluding steroid dienone is 2. The van der Waals surface area contributed by atoms with Crippen LogP contribution >= 0.6 is 0 Å². The molecule has 3 rings (SSSR count). The van der Waals surface area contributed by atoms with Crippen molar-refractivity contribution >= 4 is 17.5 Å². The molecule has 1 saturated carbocycles. The van der Waals surface area contributed by atoms with E-state index in [-0.39, 0.29) is 11.1 Å². The van der Waals surface area contributed by atoms with Crippen molar-refractivity contribution in [2.75, 3.05) is 11.9 Å². The summed E-state index contributed by atoms with van der Waals surface area (Å²) in [5.41, 5.74) is -0.270. The van der Waals surface area contributed by atoms with Crippen LogP contribution in [0.2, 0.25) is 0 Å². The summed E-state index contributed by atoms with van der Waals surface area (Å²) >= 11 is 0. The van der Waals surface area contributed by atoms with Gasteiger partial charge in [-0.05, 0) is 30.6 Å². The van der Waals surface area contributed by atoms with Gasteiger partial charge in [0.2, 0.25) is 5.43 Å². The van der Waals surface area contributed by atoms with Crippen LogP contribution in [-0.4, -0.2) is 23.3 Å². The van der Waals surface area contributed by atoms with Gasteiger partial charge in [-0.3, -0.25) is 14.4 Å². The number of amides is 2. The zero-order valence-corrected chi connectivity index (χ0v) is 11.5. The van der Waals surface area contributed by atoms with Crippen LogP contribution in [0.1, 0.15) is 12.8 Å². The van der Waals surface area contributed by atoms with E-state index < -0.39 is 11.8 Å². The molecular weight excluding hydrogens is 270 g/mol. The van der Waals surface area contributed by atoms with E-state index in [1.54, 1.807) is 0 Å². The molecule has 0 aromatic carbocycles. The summed E-state index contributed by atoms with van der Waals surface area (Å²) in [6.45, 7) is 0.503. The summed E-state index contributed by atoms with van der Waals surface area (Å²) in [6, 6.07) is 1.29. The molecule has 1 heterocycles. The number of rotatable bonds is 3. The molecule has 3 atom stereocenters. The molecule has 2 aliphatic rings. The topological polar surface area (TPSA) is 91.1 Å². The molecule has 0 unspecified atom stereocenters. The van der Waals surface area contributed by atoms with Crippen molar-refractivity contribution in [3.63, 3.8) is 0 Å². The Morgan fingerprint density at radius 3 is 2.76 bits per heavy atom. The van der Waals surface area contributed by atoms with Crippen molar-refractivity contribution in [2.24, 2.45) is 17.8 Å². The van der Waals surface area contributed by atoms with Crippen LogP contribution in [0.4, 0.5) is 5.69 Å². The summed E-state index contributed by atoms with van der Waals surface area (Å²) in [5.74, 6) is 0.0521. The Bertz CT molecular complexity index is 650. The van der Waals surface area contributed by atoms with Crippen molar-refractivity contribution in [1.82, 2.24) is 10.3 Å². The van der Waals surface area contributed by atoms with Crippen molar-refractivity contribution < 1.29 is 9.59 Å². The van der Waals surface area contributed by atoms with Crippen LogP contribution in [0, 0.1) is 17.8 Å². The summed E-state index contributed by atoms with van der Waals surface area (Å²) in [5, 5.41) is 4.96. The summed E-state index contributed by atoms with van der Waals surface area (Å²) < 4.78 is 0. The van der Waals surface area contributed by atoms with Gasteiger partial charge in [0.15, 0.2) is 0 Å². The van der Waals surface area contributed by atoms with Gasteiger partial charge >= 0.3 is 11.8 Å². The molecule has 1 aromatic heterocycles. The maximum atomic E-state index is 11.8. The van der Waals surface area contributed by atoms with Crippen LogP contribution in [0.5, 0.6) is 0 Å². The second-order valence-corrected chi connectivity index (χ2v) is 5.63. The lowest BCUT2D eigenvalue weighted by Crippen LogP contribution is -2.39. The minimum absolute atomic E-state index is 0.0699. The summed E-state index contributed by atoms with van der Waals surface area (Å²) in [6.07, 6.45) is 9.48. The highest BCUT2D eigenvalue weighted by Crippen LogP contribution is 2.42. The minimum atomic E-state index is -0.814. The monoisotopic (exact) mass is 287 g/mol. The van der Waals surface area contributed by atoms with Gasteiger partial charge in [-0.1, -0.05) is 12.2 Å². The molecule has 2 bridgehead atoms. The zero-order chi connectivity index (χ0) is 14.8. The van der Waals surface area contributed by atoms with E-state index in [1.807, 2.05) is 0 Å². The fourth-order valence-electron chi connectivity index (χ4n) is 3.13. The third kappa shape index (κ3) is 2.89. The summed E-state index contributed by atoms with van der Waals surface area (Å²) in [7, 11) is 0. The Hall–Kier alpha value is -2.37. The molecule has 1 fully saturated rings. The fraction of sp³-hybridized carbons (Fsp3) is 0.400. The maximum Gasteiger partial charge on any atom is 0.313 e. The molecule has 0 aliphatic heterocycles. The number of fused-ring (bicyclic) bond motifs is 2. The third-order valence-electron chi connectivity index (χ3n) is 4.22. The molecular formula is C15H17N3O3. The highest BCUT2D eigenvalue weighted by Gasteiger charge is 2.35. The van der Waals surface area contributed by atoms with Gasteiger partial charge < -0.3 is 15.6 Å². The Morgan fingerprint density at radius 2 is 2.10 bits per heavy atom. The molecule has 2 aliphatic carbocycles. The number of carbonyl (C=O) groups excluding carboxylic acids is 2. The first kappa shape index (κ1) is 13.6. The maximum absolute atomic E-state index is 11.8. The number of pyridine rings is 1. The van der Waals surface area contributed by atoms with Gasteiger partial charge in [0, 0.05) is 25.0 Å². The lowest BCUT2D eigenvalue weighted by molar-refractivity contribution is -0.136. The predicted octanol–water partition coefficient (Wildman–Crippen LogP) is 0.642. The van der Waals surface area contributed by atoms with Gasteiger partial charge in [-0.2, -0.15) is 0 Å². The van der Waals surface area contributed by atoms with E-state index in [2.05, 4.69) is 27.8 Å². The molecule has 2 amide bonds. The highest BCUT2D eigenvalue weighted by atomic mass is 16.2. The molecule has 110 valence electrons. The van der Waals surface area contributed by atoms with E-state index in [0.29, 0.717) is 24.3 Å². The standard InChI is InChI=1S/C15H17N3O3/c19-13-3-4-16-8-12(13)18-15(21)14(20)17-7-11-6-9-1-2-10(11)5-9/h1-4,8-11H,5-7H2,(H,16,19)(H,17,20)(H,18,21)/t9-,10+,11-/m1/s1. The molecule has 3 N–H and O–H groups in total. The smallest absolute Gasteiger partial charge is 0.313 e. The SMILES string of the molecule is O=C(NC[C@H]1C[C@@H]2C=C[C@H]1C2)C(=O)Nc1c[nH]ccc1=O. The average molecular weight is 287 g/mol.